The van der Waals surface area contributed by atoms with Crippen LogP contribution in [0.25, 0.3) is 0 Å². The monoisotopic (exact) mass is 379 g/mol. The van der Waals surface area contributed by atoms with Crippen molar-refractivity contribution in [3.8, 4) is 5.75 Å². The number of nitrogens with one attached hydrogen (secondary N) is 1. The summed E-state index contributed by atoms with van der Waals surface area (Å²) in [7, 11) is 0. The average molecular weight is 380 g/mol. The van der Waals surface area contributed by atoms with E-state index < -0.39 is 0 Å². The van der Waals surface area contributed by atoms with Gasteiger partial charge in [-0.3, -0.25) is 4.79 Å². The number of benzene rings is 2. The molecule has 28 heavy (non-hydrogen) atoms. The molecule has 1 atom stereocenters. The minimum absolute atomic E-state index is 0.0374. The Bertz CT molecular complexity index is 888. The highest BCUT2D eigenvalue weighted by atomic mass is 16.5. The molecule has 3 heteroatoms. The van der Waals surface area contributed by atoms with E-state index in [2.05, 4.69) is 78.0 Å². The molecule has 150 valence electrons. The van der Waals surface area contributed by atoms with E-state index in [9.17, 15) is 4.79 Å². The average Bonchev–Trinajstić information content (AvgIpc) is 3.07. The van der Waals surface area contributed by atoms with Crippen molar-refractivity contribution in [2.24, 2.45) is 5.41 Å². The lowest BCUT2D eigenvalue weighted by Gasteiger charge is -2.22. The lowest BCUT2D eigenvalue weighted by Crippen LogP contribution is -2.21. The van der Waals surface area contributed by atoms with E-state index in [-0.39, 0.29) is 17.2 Å². The second kappa shape index (κ2) is 7.62. The Labute approximate surface area is 169 Å². The Morgan fingerprint density at radius 1 is 1.07 bits per heavy atom. The number of anilines is 1. The summed E-state index contributed by atoms with van der Waals surface area (Å²) in [6, 6.07) is 8.84. The highest BCUT2D eigenvalue weighted by molar-refractivity contribution is 5.93. The third kappa shape index (κ3) is 3.94. The number of carbonyl (C=O) groups excluding carboxylic acids is 1. The van der Waals surface area contributed by atoms with Gasteiger partial charge in [0.1, 0.15) is 5.75 Å². The van der Waals surface area contributed by atoms with Crippen LogP contribution in [-0.4, -0.2) is 12.5 Å². The smallest absolute Gasteiger partial charge is 0.224 e. The van der Waals surface area contributed by atoms with Crippen LogP contribution in [0.1, 0.15) is 73.4 Å². The molecule has 1 aliphatic heterocycles. The summed E-state index contributed by atoms with van der Waals surface area (Å²) in [5, 5.41) is 3.20. The van der Waals surface area contributed by atoms with Crippen molar-refractivity contribution in [1.82, 2.24) is 0 Å². The van der Waals surface area contributed by atoms with Gasteiger partial charge in [0.25, 0.3) is 0 Å². The third-order valence-electron chi connectivity index (χ3n) is 5.79. The fourth-order valence-electron chi connectivity index (χ4n) is 4.10. The number of aryl methyl sites for hydroxylation is 1. The molecule has 0 saturated heterocycles. The zero-order valence-electron chi connectivity index (χ0n) is 18.3. The Morgan fingerprint density at radius 3 is 2.29 bits per heavy atom. The maximum Gasteiger partial charge on any atom is 0.224 e. The zero-order chi connectivity index (χ0) is 20.6. The number of ether oxygens (including phenoxy) is 1. The summed E-state index contributed by atoms with van der Waals surface area (Å²) in [6.07, 6.45) is 1.54. The summed E-state index contributed by atoms with van der Waals surface area (Å²) in [5.41, 5.74) is 8.10. The first-order valence-electron chi connectivity index (χ1n) is 10.3. The van der Waals surface area contributed by atoms with Crippen molar-refractivity contribution in [2.75, 3.05) is 11.9 Å². The van der Waals surface area contributed by atoms with E-state index in [0.29, 0.717) is 13.0 Å². The lowest BCUT2D eigenvalue weighted by atomic mass is 9.86. The number of rotatable bonds is 4. The molecular weight excluding hydrogens is 346 g/mol. The first kappa shape index (κ1) is 20.4. The SMILES string of the molecule is CCc1ccc(C2COc3c(C)c(C)c(NC(=O)CC(C)(C)C)c(C)c32)cc1. The number of amides is 1. The van der Waals surface area contributed by atoms with E-state index in [4.69, 9.17) is 4.74 Å². The predicted octanol–water partition coefficient (Wildman–Crippen LogP) is 6.07. The van der Waals surface area contributed by atoms with E-state index in [1.54, 1.807) is 0 Å². The normalized spacial score (nSPS) is 15.9. The van der Waals surface area contributed by atoms with Gasteiger partial charge in [-0.2, -0.15) is 0 Å². The first-order valence-corrected chi connectivity index (χ1v) is 10.3. The van der Waals surface area contributed by atoms with Crippen LogP contribution in [0, 0.1) is 26.2 Å². The molecule has 2 aromatic rings. The maximum atomic E-state index is 12.6. The molecule has 1 heterocycles. The van der Waals surface area contributed by atoms with E-state index >= 15 is 0 Å². The molecule has 1 amide bonds. The molecule has 0 fully saturated rings. The van der Waals surface area contributed by atoms with Gasteiger partial charge < -0.3 is 10.1 Å². The van der Waals surface area contributed by atoms with Crippen molar-refractivity contribution in [3.05, 3.63) is 57.6 Å². The van der Waals surface area contributed by atoms with Crippen molar-refractivity contribution in [2.45, 2.75) is 67.2 Å². The van der Waals surface area contributed by atoms with Crippen LogP contribution in [0.15, 0.2) is 24.3 Å². The standard InChI is InChI=1S/C25H33NO2/c1-8-18-9-11-19(12-10-18)20-14-28-24-16(3)15(2)23(17(4)22(20)24)26-21(27)13-25(5,6)7/h9-12,20H,8,13-14H2,1-7H3,(H,26,27). The quantitative estimate of drug-likeness (QED) is 0.700. The predicted molar refractivity (Wildman–Crippen MR) is 117 cm³/mol. The number of hydrogen-bond acceptors (Lipinski definition) is 2. The second-order valence-corrected chi connectivity index (χ2v) is 9.24. The van der Waals surface area contributed by atoms with Crippen LogP contribution in [0.4, 0.5) is 5.69 Å². The Kier molecular flexibility index (Phi) is 5.56. The van der Waals surface area contributed by atoms with Crippen molar-refractivity contribution in [1.29, 1.82) is 0 Å². The molecule has 0 saturated carbocycles. The zero-order valence-corrected chi connectivity index (χ0v) is 18.3. The summed E-state index contributed by atoms with van der Waals surface area (Å²) in [4.78, 5) is 12.6. The molecule has 3 nitrogen and oxygen atoms in total. The topological polar surface area (TPSA) is 38.3 Å². The highest BCUT2D eigenvalue weighted by Crippen LogP contribution is 2.46. The van der Waals surface area contributed by atoms with Crippen LogP contribution in [0.2, 0.25) is 0 Å². The molecule has 0 radical (unpaired) electrons. The van der Waals surface area contributed by atoms with Crippen molar-refractivity contribution in [3.63, 3.8) is 0 Å². The van der Waals surface area contributed by atoms with Crippen LogP contribution in [-0.2, 0) is 11.2 Å². The Hall–Kier alpha value is -2.29. The van der Waals surface area contributed by atoms with Crippen LogP contribution in [0.3, 0.4) is 0 Å². The second-order valence-electron chi connectivity index (χ2n) is 9.24. The van der Waals surface area contributed by atoms with Gasteiger partial charge in [0.2, 0.25) is 5.91 Å². The van der Waals surface area contributed by atoms with Crippen molar-refractivity contribution >= 4 is 11.6 Å². The van der Waals surface area contributed by atoms with Gasteiger partial charge >= 0.3 is 0 Å². The number of hydrogen-bond donors (Lipinski definition) is 1. The number of fused-ring (bicyclic) bond motifs is 1. The molecule has 1 unspecified atom stereocenters. The fraction of sp³-hybridized carbons (Fsp3) is 0.480. The van der Waals surface area contributed by atoms with Gasteiger partial charge in [-0.05, 0) is 60.4 Å². The summed E-state index contributed by atoms with van der Waals surface area (Å²) >= 11 is 0. The van der Waals surface area contributed by atoms with Gasteiger partial charge in [-0.15, -0.1) is 0 Å². The number of carbonyl (C=O) groups is 1. The molecule has 1 aliphatic rings. The maximum absolute atomic E-state index is 12.6. The van der Waals surface area contributed by atoms with Gasteiger partial charge in [0, 0.05) is 23.6 Å². The summed E-state index contributed by atoms with van der Waals surface area (Å²) in [5.74, 6) is 1.27. The highest BCUT2D eigenvalue weighted by Gasteiger charge is 2.32. The molecule has 0 bridgehead atoms. The largest absolute Gasteiger partial charge is 0.492 e. The molecule has 0 aromatic heterocycles. The van der Waals surface area contributed by atoms with Crippen LogP contribution >= 0.6 is 0 Å². The molecule has 0 aliphatic carbocycles. The third-order valence-corrected chi connectivity index (χ3v) is 5.79. The van der Waals surface area contributed by atoms with Crippen LogP contribution < -0.4 is 10.1 Å². The Balaban J connectivity index is 2.01. The molecule has 3 rings (SSSR count). The summed E-state index contributed by atoms with van der Waals surface area (Å²) < 4.78 is 6.14. The minimum atomic E-state index is -0.0374. The summed E-state index contributed by atoms with van der Waals surface area (Å²) in [6.45, 7) is 15.4. The minimum Gasteiger partial charge on any atom is -0.492 e. The van der Waals surface area contributed by atoms with Gasteiger partial charge in [-0.25, -0.2) is 0 Å². The van der Waals surface area contributed by atoms with Crippen molar-refractivity contribution < 1.29 is 9.53 Å². The lowest BCUT2D eigenvalue weighted by molar-refractivity contribution is -0.117. The first-order chi connectivity index (χ1) is 13.1. The molecule has 0 spiro atoms. The fourth-order valence-corrected chi connectivity index (χ4v) is 4.10. The van der Waals surface area contributed by atoms with Gasteiger partial charge in [0.05, 0.1) is 6.61 Å². The van der Waals surface area contributed by atoms with Gasteiger partial charge in [-0.1, -0.05) is 52.0 Å². The molecule has 1 N–H and O–H groups in total. The molecule has 2 aromatic carbocycles. The van der Waals surface area contributed by atoms with Gasteiger partial charge in [0.15, 0.2) is 0 Å². The van der Waals surface area contributed by atoms with Crippen LogP contribution in [0.5, 0.6) is 5.75 Å². The van der Waals surface area contributed by atoms with E-state index in [0.717, 1.165) is 34.5 Å². The van der Waals surface area contributed by atoms with E-state index in [1.165, 1.54) is 16.7 Å². The molecular formula is C25H33NO2. The van der Waals surface area contributed by atoms with E-state index in [1.807, 2.05) is 0 Å². The Morgan fingerprint density at radius 2 is 1.71 bits per heavy atom.